The second-order valence-electron chi connectivity index (χ2n) is 16.0. The van der Waals surface area contributed by atoms with Crippen LogP contribution in [0, 0.1) is 11.8 Å². The van der Waals surface area contributed by atoms with Crippen molar-refractivity contribution in [2.75, 3.05) is 13.2 Å². The third-order valence-electron chi connectivity index (χ3n) is 10.00. The first-order valence-electron chi connectivity index (χ1n) is 18.9. The van der Waals surface area contributed by atoms with Gasteiger partial charge in [0.05, 0.1) is 19.3 Å². The van der Waals surface area contributed by atoms with E-state index in [1.807, 2.05) is 0 Å². The molecule has 39 heteroatoms. The number of halogens is 29. The second-order valence-corrected chi connectivity index (χ2v) is 16.0. The van der Waals surface area contributed by atoms with Gasteiger partial charge in [-0.25, -0.2) is 35.1 Å². The molecule has 8 atom stereocenters. The normalized spacial score (nSPS) is 23.7. The Morgan fingerprint density at radius 3 is 1.04 bits per heavy atom. The number of hydrogen-bond donors (Lipinski definition) is 8. The van der Waals surface area contributed by atoms with Crippen LogP contribution in [0.3, 0.4) is 0 Å². The van der Waals surface area contributed by atoms with Gasteiger partial charge in [0.1, 0.15) is 17.8 Å². The van der Waals surface area contributed by atoms with Crippen molar-refractivity contribution in [2.24, 2.45) is 11.8 Å². The molecule has 0 aromatic heterocycles. The van der Waals surface area contributed by atoms with Crippen molar-refractivity contribution in [1.82, 2.24) is 0 Å². The Bertz CT molecular complexity index is 1590. The SMILES string of the molecule is CC(C)(O)C(F)(F)C(O)C(F)(F)F.CC(O)C(F)(F)C(O)C(F)(F)F.OC(C(F)(F)F)C(F)(F)C1CCC(C(O)(C(F)(F)F)C(F)(F)F)CC1.OC(CC1COCC(C(F)(F)C(O)C(F)(F)F)O1)C(F)(F)F. The topological polar surface area (TPSA) is 180 Å². The van der Waals surface area contributed by atoms with Crippen LogP contribution >= 0.6 is 0 Å². The van der Waals surface area contributed by atoms with E-state index in [2.05, 4.69) is 9.47 Å². The van der Waals surface area contributed by atoms with Crippen LogP contribution in [0.1, 0.15) is 52.9 Å². The molecule has 72 heavy (non-hydrogen) atoms. The van der Waals surface area contributed by atoms with Crippen LogP contribution in [0.2, 0.25) is 0 Å². The molecule has 0 aromatic carbocycles. The number of hydrogen-bond acceptors (Lipinski definition) is 10. The van der Waals surface area contributed by atoms with Crippen molar-refractivity contribution in [3.05, 3.63) is 0 Å². The zero-order valence-electron chi connectivity index (χ0n) is 35.6. The second kappa shape index (κ2) is 23.9. The van der Waals surface area contributed by atoms with E-state index < -0.39 is 184 Å². The molecule has 0 bridgehead atoms. The molecule has 1 heterocycles. The van der Waals surface area contributed by atoms with Gasteiger partial charge in [-0.2, -0.15) is 92.2 Å². The molecule has 436 valence electrons. The molecular formula is C33H41F29O10. The molecule has 1 aliphatic heterocycles. The highest BCUT2D eigenvalue weighted by Gasteiger charge is 2.74. The third kappa shape index (κ3) is 18.7. The molecule has 8 unspecified atom stereocenters. The lowest BCUT2D eigenvalue weighted by atomic mass is 9.70. The first kappa shape index (κ1) is 71.6. The fourth-order valence-electron chi connectivity index (χ4n) is 5.67. The van der Waals surface area contributed by atoms with Crippen LogP contribution in [-0.2, 0) is 9.47 Å². The van der Waals surface area contributed by atoms with Crippen molar-refractivity contribution in [3.63, 3.8) is 0 Å². The Morgan fingerprint density at radius 1 is 0.444 bits per heavy atom. The first-order valence-corrected chi connectivity index (χ1v) is 18.9. The molecule has 10 nitrogen and oxygen atoms in total. The van der Waals surface area contributed by atoms with E-state index >= 15 is 0 Å². The predicted octanol–water partition coefficient (Wildman–Crippen LogP) is 8.09. The van der Waals surface area contributed by atoms with Crippen molar-refractivity contribution < 1.29 is 178 Å². The summed E-state index contributed by atoms with van der Waals surface area (Å²) in [5.74, 6) is -23.6. The molecule has 1 saturated carbocycles. The number of aliphatic hydroxyl groups is 8. The third-order valence-corrected chi connectivity index (χ3v) is 10.00. The minimum absolute atomic E-state index is 0.467. The van der Waals surface area contributed by atoms with Crippen LogP contribution in [0.5, 0.6) is 0 Å². The zero-order chi connectivity index (χ0) is 58.6. The standard InChI is InChI=1S/C12H13F11O2.C10H12F8O4.C6H9F5O2.C5H7F5O2/c13-8(14,7(24)10(15,16)17)5-1-3-6(4-2-5)9(25,11(18,19)20)12(21,22)23;11-8(12,7(20)10(16,17)18)6-3-21-2-4(22-6)1-5(19)9(13,14)15;1-4(2,13)5(7,8)3(12)6(9,10)11;1-2(11)4(6,7)3(12)5(8,9)10/h5-7,24-25H,1-4H2;4-7,19-20H,1-3H2;3,12-13H,1-2H3;2-3,11-12H,1H3. The summed E-state index contributed by atoms with van der Waals surface area (Å²) < 4.78 is 368. The van der Waals surface area contributed by atoms with Gasteiger partial charge in [0.2, 0.25) is 24.4 Å². The van der Waals surface area contributed by atoms with E-state index in [4.69, 9.17) is 40.9 Å². The molecule has 0 spiro atoms. The summed E-state index contributed by atoms with van der Waals surface area (Å²) in [5, 5.41) is 68.4. The Kier molecular flexibility index (Phi) is 23.7. The minimum Gasteiger partial charge on any atom is -0.387 e. The van der Waals surface area contributed by atoms with E-state index in [9.17, 15) is 127 Å². The monoisotopic (exact) mass is 1150 g/mol. The quantitative estimate of drug-likeness (QED) is 0.0943. The lowest BCUT2D eigenvalue weighted by Crippen LogP contribution is -2.62. The Labute approximate surface area is 383 Å². The minimum atomic E-state index is -6.14. The van der Waals surface area contributed by atoms with E-state index in [-0.39, 0.29) is 0 Å². The van der Waals surface area contributed by atoms with Crippen LogP contribution in [0.25, 0.3) is 0 Å². The van der Waals surface area contributed by atoms with Crippen molar-refractivity contribution in [3.8, 4) is 0 Å². The Balaban J connectivity index is 0. The summed E-state index contributed by atoms with van der Waals surface area (Å²) in [7, 11) is 0. The highest BCUT2D eigenvalue weighted by Crippen LogP contribution is 2.54. The Hall–Kier alpha value is -2.43. The van der Waals surface area contributed by atoms with Crippen molar-refractivity contribution in [1.29, 1.82) is 0 Å². The van der Waals surface area contributed by atoms with Crippen molar-refractivity contribution >= 4 is 0 Å². The molecule has 0 aromatic rings. The van der Waals surface area contributed by atoms with Crippen LogP contribution in [-0.4, -0.2) is 181 Å². The maximum absolute atomic E-state index is 13.6. The van der Waals surface area contributed by atoms with E-state index in [0.717, 1.165) is 0 Å². The van der Waals surface area contributed by atoms with Gasteiger partial charge in [-0.05, 0) is 46.5 Å². The largest absolute Gasteiger partial charge is 0.426 e. The molecule has 1 saturated heterocycles. The number of rotatable bonds is 11. The molecule has 2 aliphatic rings. The Morgan fingerprint density at radius 2 is 0.778 bits per heavy atom. The van der Waals surface area contributed by atoms with Gasteiger partial charge in [0.25, 0.3) is 11.5 Å². The van der Waals surface area contributed by atoms with Crippen LogP contribution in [0.4, 0.5) is 127 Å². The zero-order valence-corrected chi connectivity index (χ0v) is 35.6. The average Bonchev–Trinajstić information content (AvgIpc) is 3.17. The molecular weight excluding hydrogens is 1110 g/mol. The summed E-state index contributed by atoms with van der Waals surface area (Å²) in [6, 6.07) is 0. The van der Waals surface area contributed by atoms with E-state index in [0.29, 0.717) is 20.8 Å². The fraction of sp³-hybridized carbons (Fsp3) is 1.00. The van der Waals surface area contributed by atoms with Gasteiger partial charge < -0.3 is 50.3 Å². The smallest absolute Gasteiger partial charge is 0.387 e. The molecule has 0 amide bonds. The first-order chi connectivity index (χ1) is 31.1. The van der Waals surface area contributed by atoms with E-state index in [1.165, 1.54) is 0 Å². The number of alkyl halides is 29. The molecule has 2 fully saturated rings. The van der Waals surface area contributed by atoms with Gasteiger partial charge in [-0.1, -0.05) is 0 Å². The fourth-order valence-corrected chi connectivity index (χ4v) is 5.67. The molecule has 0 radical (unpaired) electrons. The van der Waals surface area contributed by atoms with Gasteiger partial charge in [-0.3, -0.25) is 0 Å². The van der Waals surface area contributed by atoms with Gasteiger partial charge >= 0.3 is 61.0 Å². The number of aliphatic hydroxyl groups excluding tert-OH is 6. The molecule has 8 N–H and O–H groups in total. The number of ether oxygens (including phenoxy) is 2. The van der Waals surface area contributed by atoms with Gasteiger partial charge in [0, 0.05) is 18.3 Å². The molecule has 2 rings (SSSR count). The average molecular weight is 1150 g/mol. The highest BCUT2D eigenvalue weighted by atomic mass is 19.4. The maximum atomic E-state index is 13.6. The predicted molar refractivity (Wildman–Crippen MR) is 175 cm³/mol. The summed E-state index contributed by atoms with van der Waals surface area (Å²) >= 11 is 0. The van der Waals surface area contributed by atoms with Crippen molar-refractivity contribution in [2.45, 2.75) is 180 Å². The summed E-state index contributed by atoms with van der Waals surface area (Å²) in [5.41, 5.74) is -8.08. The lowest BCUT2D eigenvalue weighted by Gasteiger charge is -2.43. The van der Waals surface area contributed by atoms with Crippen LogP contribution < -0.4 is 0 Å². The highest BCUT2D eigenvalue weighted by molar-refractivity contribution is 5.03. The summed E-state index contributed by atoms with van der Waals surface area (Å²) in [6.45, 7) is -0.209. The lowest BCUT2D eigenvalue weighted by molar-refractivity contribution is -0.388. The maximum Gasteiger partial charge on any atom is 0.426 e. The van der Waals surface area contributed by atoms with Crippen LogP contribution in [0.15, 0.2) is 0 Å². The van der Waals surface area contributed by atoms with E-state index in [1.54, 1.807) is 0 Å². The summed E-state index contributed by atoms with van der Waals surface area (Å²) in [4.78, 5) is 0. The molecule has 1 aliphatic carbocycles. The van der Waals surface area contributed by atoms with Gasteiger partial charge in [0.15, 0.2) is 6.10 Å². The van der Waals surface area contributed by atoms with Gasteiger partial charge in [-0.15, -0.1) is 0 Å². The summed E-state index contributed by atoms with van der Waals surface area (Å²) in [6.07, 6.45) is -71.1.